The van der Waals surface area contributed by atoms with E-state index >= 15 is 0 Å². The zero-order valence-electron chi connectivity index (χ0n) is 7.51. The van der Waals surface area contributed by atoms with Crippen LogP contribution in [0.4, 0.5) is 0 Å². The quantitative estimate of drug-likeness (QED) is 0.538. The molecule has 0 aromatic heterocycles. The average molecular weight is 162 g/mol. The summed E-state index contributed by atoms with van der Waals surface area (Å²) in [6.45, 7) is 2.21. The number of aliphatic imine (C=N–C) groups is 1. The zero-order valence-corrected chi connectivity index (χ0v) is 7.51. The Morgan fingerprint density at radius 3 is 3.08 bits per heavy atom. The van der Waals surface area contributed by atoms with E-state index in [1.807, 2.05) is 0 Å². The summed E-state index contributed by atoms with van der Waals surface area (Å²) in [4.78, 5) is 4.52. The molecule has 2 atom stereocenters. The molecule has 0 amide bonds. The molecule has 0 bridgehead atoms. The number of hydrogen-bond acceptors (Lipinski definition) is 2. The van der Waals surface area contributed by atoms with Gasteiger partial charge in [-0.1, -0.05) is 12.8 Å². The molecule has 2 heteroatoms. The highest BCUT2D eigenvalue weighted by Gasteiger charge is 2.41. The van der Waals surface area contributed by atoms with Gasteiger partial charge in [-0.15, -0.1) is 0 Å². The summed E-state index contributed by atoms with van der Waals surface area (Å²) in [5, 5.41) is 8.75. The van der Waals surface area contributed by atoms with Crippen molar-refractivity contribution in [2.45, 2.75) is 44.6 Å². The third-order valence-electron chi connectivity index (χ3n) is 3.32. The zero-order chi connectivity index (χ0) is 8.60. The molecule has 0 radical (unpaired) electrons. The maximum absolute atomic E-state index is 8.75. The third kappa shape index (κ3) is 1.04. The van der Waals surface area contributed by atoms with Crippen LogP contribution in [0.3, 0.4) is 0 Å². The summed E-state index contributed by atoms with van der Waals surface area (Å²) < 4.78 is 0. The van der Waals surface area contributed by atoms with Crippen molar-refractivity contribution in [2.24, 2.45) is 10.9 Å². The predicted octanol–water partition coefficient (Wildman–Crippen LogP) is 2.30. The summed E-state index contributed by atoms with van der Waals surface area (Å²) in [5.41, 5.74) is 0.910. The summed E-state index contributed by atoms with van der Waals surface area (Å²) >= 11 is 0. The topological polar surface area (TPSA) is 36.1 Å². The summed E-state index contributed by atoms with van der Waals surface area (Å²) in [6.07, 6.45) is 6.00. The van der Waals surface area contributed by atoms with Crippen LogP contribution >= 0.6 is 0 Å². The number of fused-ring (bicyclic) bond motifs is 1. The largest absolute Gasteiger partial charge is 0.272 e. The first-order valence-corrected chi connectivity index (χ1v) is 4.73. The fraction of sp³-hybridized carbons (Fsp3) is 0.800. The molecule has 2 nitrogen and oxygen atoms in total. The summed E-state index contributed by atoms with van der Waals surface area (Å²) in [7, 11) is 0. The van der Waals surface area contributed by atoms with Gasteiger partial charge >= 0.3 is 0 Å². The Balaban J connectivity index is 2.23. The number of hydrogen-bond donors (Lipinski definition) is 0. The molecule has 0 saturated heterocycles. The van der Waals surface area contributed by atoms with Gasteiger partial charge in [0.1, 0.15) is 11.8 Å². The standard InChI is InChI=1S/C10H14N2/c1-10-5-3-2-4-8(10)6-9(7-11)12-10/h8H,2-6H2,1H3/t8-,10-/m0/s1. The normalized spacial score (nSPS) is 40.0. The molecule has 2 rings (SSSR count). The fourth-order valence-electron chi connectivity index (χ4n) is 2.52. The van der Waals surface area contributed by atoms with Crippen LogP contribution in [-0.4, -0.2) is 11.3 Å². The number of nitriles is 1. The monoisotopic (exact) mass is 162 g/mol. The van der Waals surface area contributed by atoms with Gasteiger partial charge in [-0.2, -0.15) is 5.26 Å². The lowest BCUT2D eigenvalue weighted by Crippen LogP contribution is -2.31. The molecule has 0 N–H and O–H groups in total. The molecule has 0 unspecified atom stereocenters. The molecule has 0 aromatic carbocycles. The van der Waals surface area contributed by atoms with Gasteiger partial charge in [0.2, 0.25) is 0 Å². The van der Waals surface area contributed by atoms with Gasteiger partial charge in [0.25, 0.3) is 0 Å². The van der Waals surface area contributed by atoms with Crippen LogP contribution in [0, 0.1) is 17.2 Å². The predicted molar refractivity (Wildman–Crippen MR) is 48.0 cm³/mol. The van der Waals surface area contributed by atoms with E-state index in [0.717, 1.165) is 12.1 Å². The molecule has 64 valence electrons. The Morgan fingerprint density at radius 1 is 1.58 bits per heavy atom. The molecular weight excluding hydrogens is 148 g/mol. The van der Waals surface area contributed by atoms with Gasteiger partial charge in [0.05, 0.1) is 5.54 Å². The van der Waals surface area contributed by atoms with E-state index in [4.69, 9.17) is 5.26 Å². The van der Waals surface area contributed by atoms with Crippen molar-refractivity contribution in [3.05, 3.63) is 0 Å². The van der Waals surface area contributed by atoms with Crippen LogP contribution in [0.5, 0.6) is 0 Å². The molecule has 1 aliphatic heterocycles. The fourth-order valence-corrected chi connectivity index (χ4v) is 2.52. The van der Waals surface area contributed by atoms with E-state index < -0.39 is 0 Å². The van der Waals surface area contributed by atoms with Crippen molar-refractivity contribution in [1.29, 1.82) is 5.26 Å². The molecule has 12 heavy (non-hydrogen) atoms. The minimum absolute atomic E-state index is 0.128. The molecule has 0 spiro atoms. The molecule has 2 aliphatic rings. The van der Waals surface area contributed by atoms with E-state index in [9.17, 15) is 0 Å². The Labute approximate surface area is 73.3 Å². The van der Waals surface area contributed by atoms with Crippen LogP contribution in [0.15, 0.2) is 4.99 Å². The third-order valence-corrected chi connectivity index (χ3v) is 3.32. The van der Waals surface area contributed by atoms with Crippen LogP contribution in [0.2, 0.25) is 0 Å². The van der Waals surface area contributed by atoms with Crippen molar-refractivity contribution >= 4 is 5.71 Å². The lowest BCUT2D eigenvalue weighted by molar-refractivity contribution is 0.235. The molecule has 1 aliphatic carbocycles. The van der Waals surface area contributed by atoms with Crippen molar-refractivity contribution < 1.29 is 0 Å². The van der Waals surface area contributed by atoms with Crippen LogP contribution in [0.1, 0.15) is 39.0 Å². The summed E-state index contributed by atoms with van der Waals surface area (Å²) in [5.74, 6) is 0.667. The maximum atomic E-state index is 8.75. The van der Waals surface area contributed by atoms with Crippen LogP contribution in [0.25, 0.3) is 0 Å². The second-order valence-electron chi connectivity index (χ2n) is 4.17. The SMILES string of the molecule is C[C@]12CCCC[C@H]1CC(C#N)=N2. The Bertz CT molecular complexity index is 262. The highest BCUT2D eigenvalue weighted by atomic mass is 14.9. The smallest absolute Gasteiger partial charge is 0.114 e. The number of nitrogens with zero attached hydrogens (tertiary/aromatic N) is 2. The van der Waals surface area contributed by atoms with Gasteiger partial charge in [-0.3, -0.25) is 4.99 Å². The molecule has 1 fully saturated rings. The van der Waals surface area contributed by atoms with Gasteiger partial charge in [-0.25, -0.2) is 0 Å². The van der Waals surface area contributed by atoms with E-state index in [1.54, 1.807) is 0 Å². The molecular formula is C10H14N2. The van der Waals surface area contributed by atoms with Crippen molar-refractivity contribution in [3.8, 4) is 6.07 Å². The Kier molecular flexibility index (Phi) is 1.68. The van der Waals surface area contributed by atoms with Crippen LogP contribution in [-0.2, 0) is 0 Å². The van der Waals surface area contributed by atoms with Gasteiger partial charge in [0.15, 0.2) is 0 Å². The first-order valence-electron chi connectivity index (χ1n) is 4.73. The van der Waals surface area contributed by atoms with Crippen LogP contribution < -0.4 is 0 Å². The minimum atomic E-state index is 0.128. The average Bonchev–Trinajstić information content (AvgIpc) is 2.41. The lowest BCUT2D eigenvalue weighted by Gasteiger charge is -2.33. The van der Waals surface area contributed by atoms with E-state index in [0.29, 0.717) is 5.92 Å². The number of rotatable bonds is 0. The van der Waals surface area contributed by atoms with Gasteiger partial charge in [0, 0.05) is 6.42 Å². The first-order chi connectivity index (χ1) is 5.74. The second-order valence-corrected chi connectivity index (χ2v) is 4.17. The van der Waals surface area contributed by atoms with E-state index in [1.165, 1.54) is 25.7 Å². The van der Waals surface area contributed by atoms with E-state index in [-0.39, 0.29) is 5.54 Å². The highest BCUT2D eigenvalue weighted by Crippen LogP contribution is 2.42. The van der Waals surface area contributed by atoms with Crippen molar-refractivity contribution in [3.63, 3.8) is 0 Å². The lowest BCUT2D eigenvalue weighted by atomic mass is 9.75. The second kappa shape index (κ2) is 2.58. The Morgan fingerprint density at radius 2 is 2.42 bits per heavy atom. The molecule has 0 aromatic rings. The van der Waals surface area contributed by atoms with Crippen molar-refractivity contribution in [2.75, 3.05) is 0 Å². The summed E-state index contributed by atoms with van der Waals surface area (Å²) in [6, 6.07) is 2.20. The molecule has 1 heterocycles. The van der Waals surface area contributed by atoms with E-state index in [2.05, 4.69) is 18.0 Å². The minimum Gasteiger partial charge on any atom is -0.272 e. The first kappa shape index (κ1) is 7.79. The maximum Gasteiger partial charge on any atom is 0.114 e. The molecule has 1 saturated carbocycles. The Hall–Kier alpha value is -0.840. The van der Waals surface area contributed by atoms with Gasteiger partial charge < -0.3 is 0 Å². The van der Waals surface area contributed by atoms with Crippen molar-refractivity contribution in [1.82, 2.24) is 0 Å². The van der Waals surface area contributed by atoms with Gasteiger partial charge in [-0.05, 0) is 25.7 Å². The highest BCUT2D eigenvalue weighted by molar-refractivity contribution is 6.00.